The summed E-state index contributed by atoms with van der Waals surface area (Å²) in [5.41, 5.74) is 9.07. The van der Waals surface area contributed by atoms with Crippen molar-refractivity contribution in [3.05, 3.63) is 77.1 Å². The standard InChI is InChI=1S/C21H19F2N3O2/c1-21(22,23)16-7-3-13(4-8-16)9-14-5-6-15(20(27)28-2)10-17(14)18-11-19(24)26-12-25-18/h3-8,10-12H,9H2,1-2H3,(H2,24,25,26). The van der Waals surface area contributed by atoms with Crippen molar-refractivity contribution in [3.8, 4) is 11.3 Å². The second-order valence-electron chi connectivity index (χ2n) is 6.45. The zero-order valence-corrected chi connectivity index (χ0v) is 15.4. The van der Waals surface area contributed by atoms with Gasteiger partial charge in [-0.25, -0.2) is 23.5 Å². The lowest BCUT2D eigenvalue weighted by atomic mass is 9.95. The van der Waals surface area contributed by atoms with E-state index in [0.29, 0.717) is 29.1 Å². The average Bonchev–Trinajstić information content (AvgIpc) is 2.67. The van der Waals surface area contributed by atoms with Gasteiger partial charge in [0.2, 0.25) is 0 Å². The molecule has 0 aliphatic heterocycles. The second kappa shape index (κ2) is 7.72. The van der Waals surface area contributed by atoms with Gasteiger partial charge < -0.3 is 10.5 Å². The van der Waals surface area contributed by atoms with Crippen molar-refractivity contribution in [2.75, 3.05) is 12.8 Å². The van der Waals surface area contributed by atoms with Gasteiger partial charge in [-0.1, -0.05) is 30.3 Å². The minimum atomic E-state index is -2.88. The summed E-state index contributed by atoms with van der Waals surface area (Å²) in [7, 11) is 1.31. The average molecular weight is 383 g/mol. The molecule has 0 aliphatic carbocycles. The van der Waals surface area contributed by atoms with Crippen LogP contribution in [0.15, 0.2) is 54.9 Å². The number of rotatable bonds is 5. The van der Waals surface area contributed by atoms with Gasteiger partial charge in [0.05, 0.1) is 18.4 Å². The van der Waals surface area contributed by atoms with Crippen LogP contribution < -0.4 is 5.73 Å². The fraction of sp³-hybridized carbons (Fsp3) is 0.190. The molecule has 1 aromatic heterocycles. The third kappa shape index (κ3) is 4.31. The van der Waals surface area contributed by atoms with Gasteiger partial charge in [-0.05, 0) is 29.7 Å². The van der Waals surface area contributed by atoms with Crippen molar-refractivity contribution >= 4 is 11.8 Å². The van der Waals surface area contributed by atoms with E-state index >= 15 is 0 Å². The summed E-state index contributed by atoms with van der Waals surface area (Å²) in [5, 5.41) is 0. The van der Waals surface area contributed by atoms with E-state index in [1.807, 2.05) is 0 Å². The molecule has 1 heterocycles. The minimum absolute atomic E-state index is 0.0407. The minimum Gasteiger partial charge on any atom is -0.465 e. The first-order valence-corrected chi connectivity index (χ1v) is 8.54. The quantitative estimate of drug-likeness (QED) is 0.668. The summed E-state index contributed by atoms with van der Waals surface area (Å²) in [5.74, 6) is -3.05. The van der Waals surface area contributed by atoms with E-state index in [4.69, 9.17) is 10.5 Å². The maximum atomic E-state index is 13.4. The number of nitrogens with two attached hydrogens (primary N) is 1. The Bertz CT molecular complexity index is 999. The highest BCUT2D eigenvalue weighted by Crippen LogP contribution is 2.29. The molecule has 0 amide bonds. The fourth-order valence-corrected chi connectivity index (χ4v) is 2.87. The number of benzene rings is 2. The number of carbonyl (C=O) groups excluding carboxylic acids is 1. The molecule has 3 rings (SSSR count). The van der Waals surface area contributed by atoms with Gasteiger partial charge in [0.25, 0.3) is 5.92 Å². The highest BCUT2D eigenvalue weighted by Gasteiger charge is 2.23. The number of carbonyl (C=O) groups is 1. The Balaban J connectivity index is 2.01. The molecule has 0 atom stereocenters. The van der Waals surface area contributed by atoms with Crippen LogP contribution in [0.5, 0.6) is 0 Å². The highest BCUT2D eigenvalue weighted by atomic mass is 19.3. The molecule has 0 radical (unpaired) electrons. The summed E-state index contributed by atoms with van der Waals surface area (Å²) in [4.78, 5) is 20.0. The molecular weight excluding hydrogens is 364 g/mol. The largest absolute Gasteiger partial charge is 0.465 e. The summed E-state index contributed by atoms with van der Waals surface area (Å²) < 4.78 is 31.6. The predicted octanol–water partition coefficient (Wildman–Crippen LogP) is 4.21. The summed E-state index contributed by atoms with van der Waals surface area (Å²) in [6, 6.07) is 12.9. The van der Waals surface area contributed by atoms with Crippen molar-refractivity contribution in [2.24, 2.45) is 0 Å². The van der Waals surface area contributed by atoms with E-state index in [2.05, 4.69) is 9.97 Å². The van der Waals surface area contributed by atoms with Gasteiger partial charge in [0.15, 0.2) is 0 Å². The van der Waals surface area contributed by atoms with Crippen molar-refractivity contribution in [1.82, 2.24) is 9.97 Å². The van der Waals surface area contributed by atoms with Crippen LogP contribution in [-0.4, -0.2) is 23.0 Å². The first-order chi connectivity index (χ1) is 13.3. The van der Waals surface area contributed by atoms with Crippen molar-refractivity contribution in [1.29, 1.82) is 0 Å². The maximum Gasteiger partial charge on any atom is 0.337 e. The lowest BCUT2D eigenvalue weighted by Gasteiger charge is -2.13. The monoisotopic (exact) mass is 383 g/mol. The van der Waals surface area contributed by atoms with Gasteiger partial charge in [0.1, 0.15) is 12.1 Å². The number of hydrogen-bond acceptors (Lipinski definition) is 5. The third-order valence-corrected chi connectivity index (χ3v) is 4.35. The number of aromatic nitrogens is 2. The highest BCUT2D eigenvalue weighted by molar-refractivity contribution is 5.91. The molecule has 0 fully saturated rings. The molecule has 7 heteroatoms. The van der Waals surface area contributed by atoms with Crippen molar-refractivity contribution in [3.63, 3.8) is 0 Å². The first-order valence-electron chi connectivity index (χ1n) is 8.54. The molecule has 0 aliphatic rings. The number of ether oxygens (including phenoxy) is 1. The van der Waals surface area contributed by atoms with Gasteiger partial charge in [0, 0.05) is 24.1 Å². The molecule has 2 N–H and O–H groups in total. The maximum absolute atomic E-state index is 13.4. The van der Waals surface area contributed by atoms with Gasteiger partial charge in [-0.15, -0.1) is 0 Å². The normalized spacial score (nSPS) is 11.3. The van der Waals surface area contributed by atoms with E-state index in [1.165, 1.54) is 25.6 Å². The number of nitrogens with zero attached hydrogens (tertiary/aromatic N) is 2. The van der Waals surface area contributed by atoms with Crippen molar-refractivity contribution < 1.29 is 18.3 Å². The SMILES string of the molecule is COC(=O)c1ccc(Cc2ccc(C(C)(F)F)cc2)c(-c2cc(N)ncn2)c1. The van der Waals surface area contributed by atoms with E-state index in [-0.39, 0.29) is 5.56 Å². The summed E-state index contributed by atoms with van der Waals surface area (Å²) >= 11 is 0. The molecule has 0 unspecified atom stereocenters. The number of anilines is 1. The Morgan fingerprint density at radius 1 is 1.11 bits per heavy atom. The lowest BCUT2D eigenvalue weighted by Crippen LogP contribution is -2.07. The zero-order chi connectivity index (χ0) is 20.3. The van der Waals surface area contributed by atoms with Crippen LogP contribution in [0, 0.1) is 0 Å². The molecule has 28 heavy (non-hydrogen) atoms. The van der Waals surface area contributed by atoms with Gasteiger partial charge in [-0.3, -0.25) is 0 Å². The third-order valence-electron chi connectivity index (χ3n) is 4.35. The molecule has 0 saturated carbocycles. The number of methoxy groups -OCH3 is 1. The molecule has 5 nitrogen and oxygen atoms in total. The number of nitrogen functional groups attached to an aromatic ring is 1. The van der Waals surface area contributed by atoms with Crippen LogP contribution in [0.1, 0.15) is 34.0 Å². The van der Waals surface area contributed by atoms with Crippen LogP contribution >= 0.6 is 0 Å². The topological polar surface area (TPSA) is 78.1 Å². The Hall–Kier alpha value is -3.35. The van der Waals surface area contributed by atoms with Crippen molar-refractivity contribution in [2.45, 2.75) is 19.3 Å². The molecular formula is C21H19F2N3O2. The molecule has 3 aromatic rings. The summed E-state index contributed by atoms with van der Waals surface area (Å²) in [6.07, 6.45) is 1.81. The number of halogens is 2. The van der Waals surface area contributed by atoms with Crippen LogP contribution in [0.25, 0.3) is 11.3 Å². The first kappa shape index (κ1) is 19.4. The number of esters is 1. The Morgan fingerprint density at radius 2 is 1.82 bits per heavy atom. The second-order valence-corrected chi connectivity index (χ2v) is 6.45. The van der Waals surface area contributed by atoms with Gasteiger partial charge >= 0.3 is 5.97 Å². The van der Waals surface area contributed by atoms with Gasteiger partial charge in [-0.2, -0.15) is 0 Å². The smallest absolute Gasteiger partial charge is 0.337 e. The molecule has 144 valence electrons. The van der Waals surface area contributed by atoms with Crippen LogP contribution in [0.3, 0.4) is 0 Å². The molecule has 0 saturated heterocycles. The Labute approximate surface area is 161 Å². The van der Waals surface area contributed by atoms with E-state index in [0.717, 1.165) is 18.1 Å². The van der Waals surface area contributed by atoms with E-state index < -0.39 is 11.9 Å². The number of alkyl halides is 2. The summed E-state index contributed by atoms with van der Waals surface area (Å²) in [6.45, 7) is 0.866. The van der Waals surface area contributed by atoms with Crippen LogP contribution in [0.2, 0.25) is 0 Å². The van der Waals surface area contributed by atoms with Crippen LogP contribution in [0.4, 0.5) is 14.6 Å². The Morgan fingerprint density at radius 3 is 2.43 bits per heavy atom. The van der Waals surface area contributed by atoms with Crippen LogP contribution in [-0.2, 0) is 17.1 Å². The Kier molecular flexibility index (Phi) is 5.35. The van der Waals surface area contributed by atoms with E-state index in [9.17, 15) is 13.6 Å². The molecule has 0 bridgehead atoms. The lowest BCUT2D eigenvalue weighted by molar-refractivity contribution is 0.0174. The van der Waals surface area contributed by atoms with E-state index in [1.54, 1.807) is 36.4 Å². The zero-order valence-electron chi connectivity index (χ0n) is 15.4. The molecule has 0 spiro atoms. The fourth-order valence-electron chi connectivity index (χ4n) is 2.87. The molecule has 2 aromatic carbocycles. The predicted molar refractivity (Wildman–Crippen MR) is 102 cm³/mol. The number of hydrogen-bond donors (Lipinski definition) is 1.